The number of anilines is 1. The average molecular weight is 244 g/mol. The van der Waals surface area contributed by atoms with Crippen LogP contribution < -0.4 is 14.8 Å². The van der Waals surface area contributed by atoms with Crippen LogP contribution in [0.15, 0.2) is 42.6 Å². The third kappa shape index (κ3) is 2.91. The van der Waals surface area contributed by atoms with Crippen molar-refractivity contribution in [3.8, 4) is 11.6 Å². The first-order valence-corrected chi connectivity index (χ1v) is 5.69. The number of hydrogen-bond donors (Lipinski definition) is 1. The Balaban J connectivity index is 2.02. The minimum Gasteiger partial charge on any atom is -0.495 e. The summed E-state index contributed by atoms with van der Waals surface area (Å²) in [6, 6.07) is 11.6. The van der Waals surface area contributed by atoms with Crippen LogP contribution in [0.4, 0.5) is 5.69 Å². The second-order valence-corrected chi connectivity index (χ2v) is 3.76. The lowest BCUT2D eigenvalue weighted by molar-refractivity contribution is 0.397. The van der Waals surface area contributed by atoms with Crippen LogP contribution in [-0.2, 0) is 6.54 Å². The van der Waals surface area contributed by atoms with Gasteiger partial charge in [0.25, 0.3) is 0 Å². The highest BCUT2D eigenvalue weighted by Crippen LogP contribution is 2.23. The van der Waals surface area contributed by atoms with E-state index in [-0.39, 0.29) is 0 Å². The molecule has 0 unspecified atom stereocenters. The summed E-state index contributed by atoms with van der Waals surface area (Å²) < 4.78 is 10.3. The number of aromatic nitrogens is 1. The fourth-order valence-electron chi connectivity index (χ4n) is 1.62. The third-order valence-corrected chi connectivity index (χ3v) is 2.60. The predicted octanol–water partition coefficient (Wildman–Crippen LogP) is 2.71. The van der Waals surface area contributed by atoms with Crippen LogP contribution in [0.2, 0.25) is 0 Å². The van der Waals surface area contributed by atoms with Gasteiger partial charge in [0.15, 0.2) is 0 Å². The normalized spacial score (nSPS) is 9.89. The largest absolute Gasteiger partial charge is 0.495 e. The van der Waals surface area contributed by atoms with Gasteiger partial charge in [-0.25, -0.2) is 4.98 Å². The van der Waals surface area contributed by atoms with E-state index in [0.29, 0.717) is 12.4 Å². The van der Waals surface area contributed by atoms with Crippen molar-refractivity contribution in [3.05, 3.63) is 48.2 Å². The number of nitrogens with one attached hydrogen (secondary N) is 1. The second-order valence-electron chi connectivity index (χ2n) is 3.76. The monoisotopic (exact) mass is 244 g/mol. The van der Waals surface area contributed by atoms with Crippen LogP contribution in [0.25, 0.3) is 0 Å². The number of benzene rings is 1. The number of para-hydroxylation sites is 2. The van der Waals surface area contributed by atoms with Crippen LogP contribution in [0.3, 0.4) is 0 Å². The van der Waals surface area contributed by atoms with E-state index in [1.807, 2.05) is 36.4 Å². The van der Waals surface area contributed by atoms with E-state index < -0.39 is 0 Å². The van der Waals surface area contributed by atoms with Crippen LogP contribution in [0.1, 0.15) is 5.56 Å². The molecular formula is C14H16N2O2. The van der Waals surface area contributed by atoms with Gasteiger partial charge in [-0.05, 0) is 17.7 Å². The maximum Gasteiger partial charge on any atom is 0.212 e. The Morgan fingerprint density at radius 1 is 1.06 bits per heavy atom. The van der Waals surface area contributed by atoms with Crippen LogP contribution >= 0.6 is 0 Å². The van der Waals surface area contributed by atoms with Crippen molar-refractivity contribution in [2.75, 3.05) is 19.5 Å². The minimum atomic E-state index is 0.621. The molecule has 4 heteroatoms. The second kappa shape index (κ2) is 5.91. The van der Waals surface area contributed by atoms with Crippen molar-refractivity contribution in [2.24, 2.45) is 0 Å². The zero-order valence-corrected chi connectivity index (χ0v) is 10.5. The molecule has 1 aromatic carbocycles. The molecule has 0 saturated heterocycles. The molecule has 2 rings (SSSR count). The minimum absolute atomic E-state index is 0.621. The Bertz CT molecular complexity index is 497. The molecule has 0 aliphatic heterocycles. The van der Waals surface area contributed by atoms with Gasteiger partial charge in [-0.2, -0.15) is 0 Å². The molecule has 0 saturated carbocycles. The molecule has 0 fully saturated rings. The lowest BCUT2D eigenvalue weighted by atomic mass is 10.2. The van der Waals surface area contributed by atoms with Gasteiger partial charge in [0.2, 0.25) is 5.88 Å². The molecule has 0 aliphatic rings. The first-order chi connectivity index (χ1) is 8.83. The molecule has 0 bridgehead atoms. The quantitative estimate of drug-likeness (QED) is 0.878. The number of pyridine rings is 1. The van der Waals surface area contributed by atoms with Crippen LogP contribution in [-0.4, -0.2) is 19.2 Å². The van der Waals surface area contributed by atoms with Gasteiger partial charge >= 0.3 is 0 Å². The fourth-order valence-corrected chi connectivity index (χ4v) is 1.62. The van der Waals surface area contributed by atoms with E-state index in [1.165, 1.54) is 0 Å². The van der Waals surface area contributed by atoms with Gasteiger partial charge in [0.1, 0.15) is 5.75 Å². The number of methoxy groups -OCH3 is 2. The number of rotatable bonds is 5. The molecular weight excluding hydrogens is 228 g/mol. The van der Waals surface area contributed by atoms with Crippen LogP contribution in [0, 0.1) is 0 Å². The van der Waals surface area contributed by atoms with Crippen molar-refractivity contribution in [1.82, 2.24) is 4.98 Å². The maximum absolute atomic E-state index is 5.27. The van der Waals surface area contributed by atoms with Crippen molar-refractivity contribution in [2.45, 2.75) is 6.54 Å². The van der Waals surface area contributed by atoms with Crippen molar-refractivity contribution in [1.29, 1.82) is 0 Å². The smallest absolute Gasteiger partial charge is 0.212 e. The van der Waals surface area contributed by atoms with Gasteiger partial charge in [-0.1, -0.05) is 18.2 Å². The maximum atomic E-state index is 5.27. The molecule has 0 radical (unpaired) electrons. The molecule has 0 amide bonds. The predicted molar refractivity (Wildman–Crippen MR) is 71.1 cm³/mol. The van der Waals surface area contributed by atoms with E-state index in [4.69, 9.17) is 9.47 Å². The van der Waals surface area contributed by atoms with Gasteiger partial charge in [0, 0.05) is 18.8 Å². The lowest BCUT2D eigenvalue weighted by Crippen LogP contribution is -2.01. The fraction of sp³-hybridized carbons (Fsp3) is 0.214. The molecule has 1 N–H and O–H groups in total. The van der Waals surface area contributed by atoms with E-state index in [0.717, 1.165) is 17.0 Å². The molecule has 1 heterocycles. The SMILES string of the molecule is COc1ccc(CNc2ccccc2OC)cn1. The summed E-state index contributed by atoms with van der Waals surface area (Å²) in [5.74, 6) is 1.45. The first kappa shape index (κ1) is 12.2. The Kier molecular flexibility index (Phi) is 4.02. The molecule has 1 aromatic heterocycles. The van der Waals surface area contributed by atoms with Crippen LogP contribution in [0.5, 0.6) is 11.6 Å². The molecule has 94 valence electrons. The topological polar surface area (TPSA) is 43.4 Å². The average Bonchev–Trinajstić information content (AvgIpc) is 2.46. The summed E-state index contributed by atoms with van der Waals surface area (Å²) in [4.78, 5) is 4.16. The Labute approximate surface area is 107 Å². The Morgan fingerprint density at radius 3 is 2.56 bits per heavy atom. The summed E-state index contributed by atoms with van der Waals surface area (Å²) in [5, 5.41) is 3.31. The summed E-state index contributed by atoms with van der Waals surface area (Å²) in [5.41, 5.74) is 2.05. The van der Waals surface area contributed by atoms with E-state index in [2.05, 4.69) is 10.3 Å². The van der Waals surface area contributed by atoms with Gasteiger partial charge in [0.05, 0.1) is 19.9 Å². The summed E-state index contributed by atoms with van der Waals surface area (Å²) in [6.07, 6.45) is 1.79. The molecule has 18 heavy (non-hydrogen) atoms. The Morgan fingerprint density at radius 2 is 1.89 bits per heavy atom. The highest BCUT2D eigenvalue weighted by Gasteiger charge is 2.01. The number of hydrogen-bond acceptors (Lipinski definition) is 4. The highest BCUT2D eigenvalue weighted by atomic mass is 16.5. The zero-order valence-electron chi connectivity index (χ0n) is 10.5. The molecule has 0 aliphatic carbocycles. The summed E-state index contributed by atoms with van der Waals surface area (Å²) in [6.45, 7) is 0.692. The van der Waals surface area contributed by atoms with Crippen molar-refractivity contribution < 1.29 is 9.47 Å². The molecule has 2 aromatic rings. The van der Waals surface area contributed by atoms with Crippen molar-refractivity contribution in [3.63, 3.8) is 0 Å². The zero-order chi connectivity index (χ0) is 12.8. The molecule has 4 nitrogen and oxygen atoms in total. The molecule has 0 atom stereocenters. The Hall–Kier alpha value is -2.23. The first-order valence-electron chi connectivity index (χ1n) is 5.69. The summed E-state index contributed by atoms with van der Waals surface area (Å²) >= 11 is 0. The van der Waals surface area contributed by atoms with E-state index >= 15 is 0 Å². The van der Waals surface area contributed by atoms with Crippen molar-refractivity contribution >= 4 is 5.69 Å². The summed E-state index contributed by atoms with van der Waals surface area (Å²) in [7, 11) is 3.27. The standard InChI is InChI=1S/C14H16N2O2/c1-17-13-6-4-3-5-12(13)15-9-11-7-8-14(18-2)16-10-11/h3-8,10,15H,9H2,1-2H3. The lowest BCUT2D eigenvalue weighted by Gasteiger charge is -2.10. The van der Waals surface area contributed by atoms with Gasteiger partial charge in [-0.3, -0.25) is 0 Å². The van der Waals surface area contributed by atoms with Gasteiger partial charge < -0.3 is 14.8 Å². The third-order valence-electron chi connectivity index (χ3n) is 2.60. The molecule has 0 spiro atoms. The number of nitrogens with zero attached hydrogens (tertiary/aromatic N) is 1. The van der Waals surface area contributed by atoms with E-state index in [1.54, 1.807) is 20.4 Å². The number of ether oxygens (including phenoxy) is 2. The van der Waals surface area contributed by atoms with E-state index in [9.17, 15) is 0 Å². The van der Waals surface area contributed by atoms with Gasteiger partial charge in [-0.15, -0.1) is 0 Å². The highest BCUT2D eigenvalue weighted by molar-refractivity contribution is 5.56.